The van der Waals surface area contributed by atoms with Gasteiger partial charge in [0.1, 0.15) is 0 Å². The van der Waals surface area contributed by atoms with E-state index in [0.717, 1.165) is 0 Å². The van der Waals surface area contributed by atoms with Gasteiger partial charge in [0, 0.05) is 16.3 Å². The van der Waals surface area contributed by atoms with Crippen molar-refractivity contribution in [3.05, 3.63) is 58.6 Å². The average molecular weight is 316 g/mol. The van der Waals surface area contributed by atoms with Crippen molar-refractivity contribution in [2.75, 3.05) is 5.32 Å². The minimum absolute atomic E-state index is 0.162. The van der Waals surface area contributed by atoms with Gasteiger partial charge in [-0.1, -0.05) is 11.6 Å². The number of nitrogens with one attached hydrogen (secondary N) is 1. The summed E-state index contributed by atoms with van der Waals surface area (Å²) in [4.78, 5) is 22.7. The van der Waals surface area contributed by atoms with E-state index in [2.05, 4.69) is 15.5 Å². The maximum absolute atomic E-state index is 11.9. The van der Waals surface area contributed by atoms with Crippen LogP contribution in [0.2, 0.25) is 5.02 Å². The maximum Gasteiger partial charge on any atom is 0.335 e. The number of amides is 1. The molecule has 0 fully saturated rings. The van der Waals surface area contributed by atoms with Crippen molar-refractivity contribution in [2.24, 2.45) is 10.2 Å². The van der Waals surface area contributed by atoms with Crippen LogP contribution in [-0.2, 0) is 4.79 Å². The number of carbonyl (C=O) groups excluding carboxylic acids is 1. The number of carboxylic acid groups (broad SMARTS) is 1. The van der Waals surface area contributed by atoms with E-state index in [4.69, 9.17) is 16.7 Å². The molecule has 0 bridgehead atoms. The predicted molar refractivity (Wildman–Crippen MR) is 80.7 cm³/mol. The van der Waals surface area contributed by atoms with Crippen LogP contribution >= 0.6 is 11.6 Å². The second kappa shape index (κ2) is 5.57. The molecular formula is C15H10ClN3O3. The zero-order chi connectivity index (χ0) is 15.7. The smallest absolute Gasteiger partial charge is 0.335 e. The van der Waals surface area contributed by atoms with Gasteiger partial charge in [-0.2, -0.15) is 10.2 Å². The summed E-state index contributed by atoms with van der Waals surface area (Å²) in [5.74, 6) is -1.29. The predicted octanol–water partition coefficient (Wildman–Crippen LogP) is 3.82. The zero-order valence-corrected chi connectivity index (χ0v) is 11.9. The molecule has 7 heteroatoms. The highest BCUT2D eigenvalue weighted by atomic mass is 35.5. The lowest BCUT2D eigenvalue weighted by Crippen LogP contribution is -2.09. The maximum atomic E-state index is 11.9. The molecule has 110 valence electrons. The fourth-order valence-electron chi connectivity index (χ4n) is 2.13. The van der Waals surface area contributed by atoms with Crippen LogP contribution in [0.25, 0.3) is 0 Å². The largest absolute Gasteiger partial charge is 0.478 e. The third kappa shape index (κ3) is 2.68. The number of benzene rings is 2. The van der Waals surface area contributed by atoms with E-state index in [-0.39, 0.29) is 11.5 Å². The number of nitrogens with zero attached hydrogens (tertiary/aromatic N) is 2. The SMILES string of the molecule is O=C(O)c1ccc(N=NC2C(=O)Nc3ccc(Cl)cc32)cc1. The first kappa shape index (κ1) is 14.2. The molecule has 0 saturated heterocycles. The van der Waals surface area contributed by atoms with Crippen molar-refractivity contribution in [1.29, 1.82) is 0 Å². The van der Waals surface area contributed by atoms with Gasteiger partial charge in [0.2, 0.25) is 0 Å². The van der Waals surface area contributed by atoms with Crippen LogP contribution < -0.4 is 5.32 Å². The fraction of sp³-hybridized carbons (Fsp3) is 0.0667. The summed E-state index contributed by atoms with van der Waals surface area (Å²) < 4.78 is 0. The lowest BCUT2D eigenvalue weighted by Gasteiger charge is -2.02. The van der Waals surface area contributed by atoms with Crippen molar-refractivity contribution in [2.45, 2.75) is 6.04 Å². The van der Waals surface area contributed by atoms with Gasteiger partial charge < -0.3 is 10.4 Å². The third-order valence-corrected chi connectivity index (χ3v) is 3.45. The number of hydrogen-bond acceptors (Lipinski definition) is 4. The molecule has 3 rings (SSSR count). The molecule has 1 unspecified atom stereocenters. The average Bonchev–Trinajstić information content (AvgIpc) is 2.80. The zero-order valence-electron chi connectivity index (χ0n) is 11.2. The molecule has 22 heavy (non-hydrogen) atoms. The summed E-state index contributed by atoms with van der Waals surface area (Å²) in [5, 5.41) is 20.1. The summed E-state index contributed by atoms with van der Waals surface area (Å²) >= 11 is 5.93. The van der Waals surface area contributed by atoms with Crippen LogP contribution in [0.1, 0.15) is 22.0 Å². The van der Waals surface area contributed by atoms with Crippen LogP contribution in [0.4, 0.5) is 11.4 Å². The molecule has 1 aliphatic heterocycles. The molecule has 1 amide bonds. The van der Waals surface area contributed by atoms with E-state index in [0.29, 0.717) is 22.0 Å². The quantitative estimate of drug-likeness (QED) is 0.843. The Bertz CT molecular complexity index is 787. The minimum atomic E-state index is -1.01. The van der Waals surface area contributed by atoms with Crippen LogP contribution in [0.15, 0.2) is 52.7 Å². The molecule has 0 spiro atoms. The Morgan fingerprint density at radius 2 is 1.91 bits per heavy atom. The number of halogens is 1. The highest BCUT2D eigenvalue weighted by molar-refractivity contribution is 6.31. The molecule has 2 aromatic carbocycles. The molecule has 6 nitrogen and oxygen atoms in total. The summed E-state index contributed by atoms with van der Waals surface area (Å²) in [7, 11) is 0. The summed E-state index contributed by atoms with van der Waals surface area (Å²) in [6.07, 6.45) is 0. The molecule has 0 aromatic heterocycles. The number of aromatic carboxylic acids is 1. The summed E-state index contributed by atoms with van der Waals surface area (Å²) in [5.41, 5.74) is 1.96. The van der Waals surface area contributed by atoms with E-state index in [1.165, 1.54) is 24.3 Å². The van der Waals surface area contributed by atoms with Crippen molar-refractivity contribution in [3.8, 4) is 0 Å². The Labute approximate surface area is 130 Å². The van der Waals surface area contributed by atoms with Crippen molar-refractivity contribution >= 4 is 34.9 Å². The van der Waals surface area contributed by atoms with Gasteiger partial charge in [-0.15, -0.1) is 0 Å². The number of rotatable bonds is 3. The number of anilines is 1. The Balaban J connectivity index is 1.85. The number of carboxylic acids is 1. The van der Waals surface area contributed by atoms with Gasteiger partial charge in [0.25, 0.3) is 5.91 Å². The van der Waals surface area contributed by atoms with Gasteiger partial charge in [-0.05, 0) is 42.5 Å². The van der Waals surface area contributed by atoms with Gasteiger partial charge in [-0.3, -0.25) is 4.79 Å². The number of fused-ring (bicyclic) bond motifs is 1. The highest BCUT2D eigenvalue weighted by Gasteiger charge is 2.30. The van der Waals surface area contributed by atoms with Crippen molar-refractivity contribution < 1.29 is 14.7 Å². The van der Waals surface area contributed by atoms with Gasteiger partial charge >= 0.3 is 5.97 Å². The fourth-order valence-corrected chi connectivity index (χ4v) is 2.31. The molecule has 1 atom stereocenters. The normalized spacial score (nSPS) is 16.6. The first-order chi connectivity index (χ1) is 10.5. The minimum Gasteiger partial charge on any atom is -0.478 e. The highest BCUT2D eigenvalue weighted by Crippen LogP contribution is 2.36. The molecule has 0 aliphatic carbocycles. The van der Waals surface area contributed by atoms with Gasteiger partial charge in [-0.25, -0.2) is 4.79 Å². The van der Waals surface area contributed by atoms with E-state index in [1.54, 1.807) is 18.2 Å². The third-order valence-electron chi connectivity index (χ3n) is 3.22. The first-order valence-corrected chi connectivity index (χ1v) is 6.77. The molecule has 1 heterocycles. The van der Waals surface area contributed by atoms with Crippen molar-refractivity contribution in [1.82, 2.24) is 0 Å². The number of hydrogen-bond donors (Lipinski definition) is 2. The first-order valence-electron chi connectivity index (χ1n) is 6.39. The van der Waals surface area contributed by atoms with E-state index in [9.17, 15) is 9.59 Å². The lowest BCUT2D eigenvalue weighted by atomic mass is 10.1. The van der Waals surface area contributed by atoms with Crippen LogP contribution in [0.3, 0.4) is 0 Å². The lowest BCUT2D eigenvalue weighted by molar-refractivity contribution is -0.116. The second-order valence-electron chi connectivity index (χ2n) is 4.69. The number of azo groups is 1. The topological polar surface area (TPSA) is 91.1 Å². The monoisotopic (exact) mass is 315 g/mol. The van der Waals surface area contributed by atoms with E-state index < -0.39 is 12.0 Å². The summed E-state index contributed by atoms with van der Waals surface area (Å²) in [6.45, 7) is 0. The molecular weight excluding hydrogens is 306 g/mol. The summed E-state index contributed by atoms with van der Waals surface area (Å²) in [6, 6.07) is 10.2. The Kier molecular flexibility index (Phi) is 3.60. The van der Waals surface area contributed by atoms with Crippen molar-refractivity contribution in [3.63, 3.8) is 0 Å². The second-order valence-corrected chi connectivity index (χ2v) is 5.13. The van der Waals surface area contributed by atoms with Gasteiger partial charge in [0.05, 0.1) is 11.3 Å². The van der Waals surface area contributed by atoms with Gasteiger partial charge in [0.15, 0.2) is 6.04 Å². The Morgan fingerprint density at radius 1 is 1.18 bits per heavy atom. The Morgan fingerprint density at radius 3 is 2.59 bits per heavy atom. The number of carbonyl (C=O) groups is 2. The molecule has 2 N–H and O–H groups in total. The Hall–Kier alpha value is -2.73. The standard InChI is InChI=1S/C15H10ClN3O3/c16-9-3-6-12-11(7-9)13(14(20)17-12)19-18-10-4-1-8(2-5-10)15(21)22/h1-7,13H,(H,17,20)(H,21,22). The van der Waals surface area contributed by atoms with E-state index in [1.807, 2.05) is 0 Å². The molecule has 2 aromatic rings. The van der Waals surface area contributed by atoms with Crippen LogP contribution in [0, 0.1) is 0 Å². The molecule has 1 aliphatic rings. The molecule has 0 radical (unpaired) electrons. The van der Waals surface area contributed by atoms with E-state index >= 15 is 0 Å². The van der Waals surface area contributed by atoms with Crippen LogP contribution in [-0.4, -0.2) is 17.0 Å². The van der Waals surface area contributed by atoms with Crippen LogP contribution in [0.5, 0.6) is 0 Å². The molecule has 0 saturated carbocycles.